The number of ether oxygens (including phenoxy) is 2. The normalized spacial score (nSPS) is 13.2. The fourth-order valence-corrected chi connectivity index (χ4v) is 5.04. The molecule has 3 nitrogen and oxygen atoms in total. The van der Waals surface area contributed by atoms with Crippen molar-refractivity contribution in [3.63, 3.8) is 0 Å². The third-order valence-corrected chi connectivity index (χ3v) is 7.19. The highest BCUT2D eigenvalue weighted by molar-refractivity contribution is 5.40. The number of benzene rings is 3. The minimum Gasteiger partial charge on any atom is -1.00 e. The van der Waals surface area contributed by atoms with Crippen LogP contribution in [0.5, 0.6) is 11.5 Å². The summed E-state index contributed by atoms with van der Waals surface area (Å²) in [6.07, 6.45) is 2.83. The van der Waals surface area contributed by atoms with E-state index in [2.05, 4.69) is 91.2 Å². The number of para-hydroxylation sites is 2. The highest BCUT2D eigenvalue weighted by Crippen LogP contribution is 2.42. The molecule has 0 saturated carbocycles. The van der Waals surface area contributed by atoms with E-state index in [1.165, 1.54) is 16.7 Å². The summed E-state index contributed by atoms with van der Waals surface area (Å²) in [6.45, 7) is 13.0. The molecular weight excluding hydrogens is 478 g/mol. The van der Waals surface area contributed by atoms with E-state index in [0.717, 1.165) is 37.3 Å². The zero-order chi connectivity index (χ0) is 26.2. The van der Waals surface area contributed by atoms with Gasteiger partial charge in [-0.05, 0) is 73.1 Å². The van der Waals surface area contributed by atoms with E-state index in [-0.39, 0.29) is 12.4 Å². The number of rotatable bonds is 13. The Morgan fingerprint density at radius 2 is 1.30 bits per heavy atom. The molecule has 1 atom stereocenters. The first-order chi connectivity index (χ1) is 17.2. The smallest absolute Gasteiger partial charge is 0.273 e. The molecule has 3 aromatic carbocycles. The van der Waals surface area contributed by atoms with Gasteiger partial charge in [0.25, 0.3) is 5.72 Å². The molecule has 0 spiro atoms. The van der Waals surface area contributed by atoms with Crippen LogP contribution in [0.3, 0.4) is 0 Å². The fraction of sp³-hybridized carbons (Fsp3) is 0.455. The van der Waals surface area contributed by atoms with Crippen LogP contribution in [0.15, 0.2) is 78.9 Å². The molecule has 0 bridgehead atoms. The number of quaternary nitrogens is 1. The van der Waals surface area contributed by atoms with Crippen molar-refractivity contribution in [3.05, 3.63) is 95.6 Å². The molecular formula is C33H46ClNO2. The van der Waals surface area contributed by atoms with E-state index in [1.54, 1.807) is 0 Å². The molecule has 0 radical (unpaired) electrons. The predicted molar refractivity (Wildman–Crippen MR) is 151 cm³/mol. The first kappa shape index (κ1) is 30.7. The number of hydrogen-bond acceptors (Lipinski definition) is 2. The number of halogens is 1. The van der Waals surface area contributed by atoms with Gasteiger partial charge in [-0.25, -0.2) is 0 Å². The monoisotopic (exact) mass is 523 g/mol. The Hall–Kier alpha value is -2.49. The van der Waals surface area contributed by atoms with Gasteiger partial charge in [0.1, 0.15) is 11.5 Å². The van der Waals surface area contributed by atoms with Crippen LogP contribution < -0.4 is 21.9 Å². The molecule has 0 heterocycles. The zero-order valence-corrected chi connectivity index (χ0v) is 24.6. The summed E-state index contributed by atoms with van der Waals surface area (Å²) < 4.78 is 14.1. The summed E-state index contributed by atoms with van der Waals surface area (Å²) in [7, 11) is 4.58. The lowest BCUT2D eigenvalue weighted by Gasteiger charge is -2.48. The molecule has 0 fully saturated rings. The van der Waals surface area contributed by atoms with Crippen molar-refractivity contribution >= 4 is 0 Å². The van der Waals surface area contributed by atoms with Gasteiger partial charge in [0.2, 0.25) is 0 Å². The minimum absolute atomic E-state index is 0. The largest absolute Gasteiger partial charge is 1.00 e. The third kappa shape index (κ3) is 7.75. The summed E-state index contributed by atoms with van der Waals surface area (Å²) in [4.78, 5) is 0. The van der Waals surface area contributed by atoms with Crippen molar-refractivity contribution in [1.82, 2.24) is 0 Å². The standard InChI is InChI=1S/C33H46NO2.ClH/c1-8-34(6,7)33(36-30-19-13-10-14-20-30,22-23-35-29-17-11-9-12-18-29)32-21-15-16-28(24-26(2)3)31(32)25-27(4)5;/h9-21,26-27H,8,22-25H2,1-7H3;1H/q+1;/p-1. The Labute approximate surface area is 231 Å². The quantitative estimate of drug-likeness (QED) is 0.235. The molecule has 37 heavy (non-hydrogen) atoms. The van der Waals surface area contributed by atoms with Crippen molar-refractivity contribution in [2.75, 3.05) is 27.2 Å². The summed E-state index contributed by atoms with van der Waals surface area (Å²) in [5.41, 5.74) is 3.57. The summed E-state index contributed by atoms with van der Waals surface area (Å²) in [5.74, 6) is 2.92. The van der Waals surface area contributed by atoms with Crippen molar-refractivity contribution in [2.24, 2.45) is 11.8 Å². The summed E-state index contributed by atoms with van der Waals surface area (Å²) in [6, 6.07) is 27.2. The van der Waals surface area contributed by atoms with Gasteiger partial charge in [-0.1, -0.05) is 76.2 Å². The van der Waals surface area contributed by atoms with Crippen LogP contribution >= 0.6 is 0 Å². The maximum atomic E-state index is 7.16. The Kier molecular flexibility index (Phi) is 11.5. The fourth-order valence-electron chi connectivity index (χ4n) is 5.04. The SMILES string of the molecule is CC[N+](C)(C)C(CCOc1ccccc1)(Oc1ccccc1)c1cccc(CC(C)C)c1CC(C)C.[Cl-]. The number of hydrogen-bond donors (Lipinski definition) is 0. The van der Waals surface area contributed by atoms with Crippen molar-refractivity contribution in [2.45, 2.75) is 59.6 Å². The van der Waals surface area contributed by atoms with Gasteiger partial charge in [0, 0.05) is 0 Å². The van der Waals surface area contributed by atoms with Gasteiger partial charge in [-0.3, -0.25) is 4.48 Å². The molecule has 0 aliphatic heterocycles. The lowest BCUT2D eigenvalue weighted by Crippen LogP contribution is -3.00. The van der Waals surface area contributed by atoms with Gasteiger partial charge < -0.3 is 21.9 Å². The van der Waals surface area contributed by atoms with Crippen LogP contribution in [0.1, 0.15) is 57.7 Å². The summed E-state index contributed by atoms with van der Waals surface area (Å²) in [5, 5.41) is 0. The van der Waals surface area contributed by atoms with Crippen LogP contribution in [-0.4, -0.2) is 31.7 Å². The molecule has 0 aromatic heterocycles. The Balaban J connectivity index is 0.00000481. The van der Waals surface area contributed by atoms with Crippen LogP contribution in [0.4, 0.5) is 0 Å². The topological polar surface area (TPSA) is 18.5 Å². The Morgan fingerprint density at radius 3 is 1.84 bits per heavy atom. The second-order valence-electron chi connectivity index (χ2n) is 11.3. The highest BCUT2D eigenvalue weighted by Gasteiger charge is 2.50. The average Bonchev–Trinajstić information content (AvgIpc) is 2.85. The van der Waals surface area contributed by atoms with E-state index in [9.17, 15) is 0 Å². The maximum absolute atomic E-state index is 7.16. The molecule has 4 heteroatoms. The first-order valence-electron chi connectivity index (χ1n) is 13.5. The van der Waals surface area contributed by atoms with E-state index in [1.807, 2.05) is 36.4 Å². The van der Waals surface area contributed by atoms with Crippen molar-refractivity contribution in [1.29, 1.82) is 0 Å². The van der Waals surface area contributed by atoms with Crippen molar-refractivity contribution < 1.29 is 26.4 Å². The van der Waals surface area contributed by atoms with Gasteiger partial charge >= 0.3 is 0 Å². The van der Waals surface area contributed by atoms with Gasteiger partial charge in [0.15, 0.2) is 0 Å². The first-order valence-corrected chi connectivity index (χ1v) is 13.5. The Bertz CT molecular complexity index is 1070. The molecule has 1 unspecified atom stereocenters. The van der Waals surface area contributed by atoms with Gasteiger partial charge in [0.05, 0.1) is 39.2 Å². The molecule has 3 rings (SSSR count). The van der Waals surface area contributed by atoms with E-state index >= 15 is 0 Å². The molecule has 0 aliphatic rings. The van der Waals surface area contributed by atoms with Gasteiger partial charge in [-0.2, -0.15) is 0 Å². The molecule has 0 aliphatic carbocycles. The lowest BCUT2D eigenvalue weighted by atomic mass is 9.83. The average molecular weight is 524 g/mol. The number of nitrogens with zero attached hydrogens (tertiary/aromatic N) is 1. The molecule has 202 valence electrons. The van der Waals surface area contributed by atoms with E-state index in [0.29, 0.717) is 22.9 Å². The minimum atomic E-state index is -0.609. The second-order valence-corrected chi connectivity index (χ2v) is 11.3. The summed E-state index contributed by atoms with van der Waals surface area (Å²) >= 11 is 0. The van der Waals surface area contributed by atoms with E-state index in [4.69, 9.17) is 9.47 Å². The molecule has 0 amide bonds. The van der Waals surface area contributed by atoms with Crippen LogP contribution in [-0.2, 0) is 18.6 Å². The van der Waals surface area contributed by atoms with Crippen LogP contribution in [0, 0.1) is 11.8 Å². The van der Waals surface area contributed by atoms with Crippen LogP contribution in [0.25, 0.3) is 0 Å². The van der Waals surface area contributed by atoms with Crippen LogP contribution in [0.2, 0.25) is 0 Å². The van der Waals surface area contributed by atoms with E-state index < -0.39 is 5.72 Å². The predicted octanol–water partition coefficient (Wildman–Crippen LogP) is 4.88. The zero-order valence-electron chi connectivity index (χ0n) is 23.8. The molecule has 0 saturated heterocycles. The third-order valence-electron chi connectivity index (χ3n) is 7.19. The highest BCUT2D eigenvalue weighted by atomic mass is 35.5. The lowest BCUT2D eigenvalue weighted by molar-refractivity contribution is -0.971. The van der Waals surface area contributed by atoms with Gasteiger partial charge in [-0.15, -0.1) is 0 Å². The maximum Gasteiger partial charge on any atom is 0.273 e. The van der Waals surface area contributed by atoms with Crippen molar-refractivity contribution in [3.8, 4) is 11.5 Å². The Morgan fingerprint density at radius 1 is 0.730 bits per heavy atom. The second kappa shape index (κ2) is 13.9. The molecule has 3 aromatic rings. The molecule has 0 N–H and O–H groups in total.